The standard InChI is InChI=1S/C13H10/c1-11-5-4-8-12-6-2-3-7-13(12)10-9-11/h2-3,5-8,10H,1H3. The first-order chi connectivity index (χ1) is 6.36. The monoisotopic (exact) mass is 166 g/mol. The number of rotatable bonds is 0. The van der Waals surface area contributed by atoms with Crippen LogP contribution < -0.4 is 0 Å². The number of hydrogen-bond donors (Lipinski definition) is 0. The van der Waals surface area contributed by atoms with Crippen molar-refractivity contribution in [2.24, 2.45) is 0 Å². The molecule has 0 aliphatic heterocycles. The molecule has 2 rings (SSSR count). The van der Waals surface area contributed by atoms with E-state index in [0.29, 0.717) is 0 Å². The minimum absolute atomic E-state index is 1.10. The van der Waals surface area contributed by atoms with Crippen LogP contribution >= 0.6 is 0 Å². The SMILES string of the molecule is CC1=C=Cc2ccccc2C=C=C1. The summed E-state index contributed by atoms with van der Waals surface area (Å²) in [6.07, 6.45) is 5.95. The van der Waals surface area contributed by atoms with Crippen LogP contribution in [0.4, 0.5) is 0 Å². The Morgan fingerprint density at radius 2 is 1.62 bits per heavy atom. The van der Waals surface area contributed by atoms with Crippen LogP contribution in [-0.2, 0) is 0 Å². The first-order valence-corrected chi connectivity index (χ1v) is 4.31. The molecular weight excluding hydrogens is 156 g/mol. The van der Waals surface area contributed by atoms with Gasteiger partial charge in [-0.3, -0.25) is 0 Å². The number of allylic oxidation sites excluding steroid dienone is 2. The van der Waals surface area contributed by atoms with Crippen LogP contribution in [0, 0.1) is 0 Å². The molecule has 0 bridgehead atoms. The highest BCUT2D eigenvalue weighted by molar-refractivity contribution is 5.66. The van der Waals surface area contributed by atoms with E-state index in [1.165, 1.54) is 11.1 Å². The summed E-state index contributed by atoms with van der Waals surface area (Å²) in [4.78, 5) is 0. The summed E-state index contributed by atoms with van der Waals surface area (Å²) in [6.45, 7) is 2.02. The lowest BCUT2D eigenvalue weighted by atomic mass is 10.1. The highest BCUT2D eigenvalue weighted by Gasteiger charge is 1.93. The maximum atomic E-state index is 3.19. The summed E-state index contributed by atoms with van der Waals surface area (Å²) >= 11 is 0. The molecule has 13 heavy (non-hydrogen) atoms. The topological polar surface area (TPSA) is 0 Å². The van der Waals surface area contributed by atoms with Crippen LogP contribution in [0.3, 0.4) is 0 Å². The van der Waals surface area contributed by atoms with Gasteiger partial charge in [0.2, 0.25) is 0 Å². The molecule has 0 saturated carbocycles. The quantitative estimate of drug-likeness (QED) is 0.518. The zero-order valence-electron chi connectivity index (χ0n) is 7.54. The van der Waals surface area contributed by atoms with E-state index in [2.05, 4.69) is 23.6 Å². The normalized spacial score (nSPS) is 13.2. The molecule has 0 N–H and O–H groups in total. The molecule has 1 aliphatic carbocycles. The molecule has 0 aromatic heterocycles. The van der Waals surface area contributed by atoms with Gasteiger partial charge in [-0.25, -0.2) is 0 Å². The van der Waals surface area contributed by atoms with Gasteiger partial charge in [0.1, 0.15) is 0 Å². The van der Waals surface area contributed by atoms with Gasteiger partial charge in [0.05, 0.1) is 0 Å². The molecule has 0 nitrogen and oxygen atoms in total. The van der Waals surface area contributed by atoms with Gasteiger partial charge in [-0.05, 0) is 41.9 Å². The van der Waals surface area contributed by atoms with E-state index < -0.39 is 0 Å². The molecule has 0 radical (unpaired) electrons. The Morgan fingerprint density at radius 3 is 2.38 bits per heavy atom. The van der Waals surface area contributed by atoms with Crippen molar-refractivity contribution in [2.45, 2.75) is 6.92 Å². The van der Waals surface area contributed by atoms with Gasteiger partial charge in [0.25, 0.3) is 0 Å². The zero-order valence-corrected chi connectivity index (χ0v) is 7.54. The average molecular weight is 166 g/mol. The summed E-state index contributed by atoms with van der Waals surface area (Å²) in [6, 6.07) is 8.22. The van der Waals surface area contributed by atoms with Crippen molar-refractivity contribution >= 4 is 12.2 Å². The van der Waals surface area contributed by atoms with E-state index in [0.717, 1.165) is 5.57 Å². The maximum Gasteiger partial charge on any atom is -0.00141 e. The summed E-state index contributed by atoms with van der Waals surface area (Å²) in [5.74, 6) is 0. The van der Waals surface area contributed by atoms with Crippen molar-refractivity contribution in [3.63, 3.8) is 0 Å². The minimum atomic E-state index is 1.10. The third-order valence-corrected chi connectivity index (χ3v) is 1.99. The lowest BCUT2D eigenvalue weighted by Crippen LogP contribution is -1.79. The van der Waals surface area contributed by atoms with Crippen LogP contribution in [0.5, 0.6) is 0 Å². The van der Waals surface area contributed by atoms with Crippen LogP contribution in [0.15, 0.2) is 47.4 Å². The molecule has 1 aliphatic rings. The van der Waals surface area contributed by atoms with Gasteiger partial charge < -0.3 is 0 Å². The van der Waals surface area contributed by atoms with Crippen LogP contribution in [-0.4, -0.2) is 0 Å². The molecule has 0 fully saturated rings. The maximum absolute atomic E-state index is 3.19. The highest BCUT2D eigenvalue weighted by atomic mass is 14.0. The fraction of sp³-hybridized carbons (Fsp3) is 0.0769. The van der Waals surface area contributed by atoms with Crippen LogP contribution in [0.1, 0.15) is 18.1 Å². The highest BCUT2D eigenvalue weighted by Crippen LogP contribution is 2.13. The van der Waals surface area contributed by atoms with E-state index in [9.17, 15) is 0 Å². The van der Waals surface area contributed by atoms with E-state index in [1.807, 2.05) is 37.3 Å². The first kappa shape index (κ1) is 7.89. The van der Waals surface area contributed by atoms with Crippen molar-refractivity contribution in [3.05, 3.63) is 58.5 Å². The molecular formula is C13H10. The lowest BCUT2D eigenvalue weighted by Gasteiger charge is -1.98. The first-order valence-electron chi connectivity index (χ1n) is 4.31. The Kier molecular flexibility index (Phi) is 2.02. The summed E-state index contributed by atoms with van der Waals surface area (Å²) in [5, 5.41) is 0. The summed E-state index contributed by atoms with van der Waals surface area (Å²) < 4.78 is 0. The predicted molar refractivity (Wildman–Crippen MR) is 56.2 cm³/mol. The van der Waals surface area contributed by atoms with Crippen molar-refractivity contribution in [2.75, 3.05) is 0 Å². The Morgan fingerprint density at radius 1 is 0.923 bits per heavy atom. The number of fused-ring (bicyclic) bond motifs is 1. The van der Waals surface area contributed by atoms with E-state index in [1.54, 1.807) is 0 Å². The number of benzene rings is 1. The van der Waals surface area contributed by atoms with Gasteiger partial charge in [0.15, 0.2) is 0 Å². The predicted octanol–water partition coefficient (Wildman–Crippen LogP) is 3.43. The van der Waals surface area contributed by atoms with Gasteiger partial charge >= 0.3 is 0 Å². The minimum Gasteiger partial charge on any atom is -0.119 e. The molecule has 0 atom stereocenters. The largest absolute Gasteiger partial charge is 0.119 e. The molecule has 0 saturated heterocycles. The van der Waals surface area contributed by atoms with Crippen LogP contribution in [0.2, 0.25) is 0 Å². The van der Waals surface area contributed by atoms with Gasteiger partial charge in [-0.15, -0.1) is 11.5 Å². The fourth-order valence-electron chi connectivity index (χ4n) is 1.26. The van der Waals surface area contributed by atoms with Crippen LogP contribution in [0.25, 0.3) is 12.2 Å². The number of hydrogen-bond acceptors (Lipinski definition) is 0. The average Bonchev–Trinajstić information content (AvgIpc) is 2.13. The smallest absolute Gasteiger partial charge is 0.00141 e. The van der Waals surface area contributed by atoms with E-state index in [4.69, 9.17) is 0 Å². The van der Waals surface area contributed by atoms with Crippen molar-refractivity contribution < 1.29 is 0 Å². The Hall–Kier alpha value is -1.74. The second kappa shape index (κ2) is 3.33. The van der Waals surface area contributed by atoms with E-state index in [-0.39, 0.29) is 0 Å². The van der Waals surface area contributed by atoms with Crippen molar-refractivity contribution in [3.8, 4) is 0 Å². The Balaban J connectivity index is 2.69. The summed E-state index contributed by atoms with van der Waals surface area (Å²) in [7, 11) is 0. The van der Waals surface area contributed by atoms with Gasteiger partial charge in [-0.2, -0.15) is 0 Å². The molecule has 0 amide bonds. The zero-order chi connectivity index (χ0) is 9.10. The molecule has 0 heterocycles. The Bertz CT molecular complexity index is 449. The van der Waals surface area contributed by atoms with E-state index >= 15 is 0 Å². The lowest BCUT2D eigenvalue weighted by molar-refractivity contribution is 1.54. The van der Waals surface area contributed by atoms with Crippen molar-refractivity contribution in [1.82, 2.24) is 0 Å². The second-order valence-corrected chi connectivity index (χ2v) is 3.06. The summed E-state index contributed by atoms with van der Waals surface area (Å²) in [5.41, 5.74) is 9.81. The molecule has 62 valence electrons. The Labute approximate surface area is 78.2 Å². The van der Waals surface area contributed by atoms with Crippen molar-refractivity contribution in [1.29, 1.82) is 0 Å². The molecule has 1 aromatic carbocycles. The molecule has 0 spiro atoms. The van der Waals surface area contributed by atoms with Gasteiger partial charge in [-0.1, -0.05) is 24.3 Å². The molecule has 0 heteroatoms. The molecule has 1 aromatic rings. The second-order valence-electron chi connectivity index (χ2n) is 3.06. The molecule has 0 unspecified atom stereocenters. The van der Waals surface area contributed by atoms with Gasteiger partial charge in [0, 0.05) is 0 Å². The third kappa shape index (κ3) is 1.71. The third-order valence-electron chi connectivity index (χ3n) is 1.99. The fourth-order valence-corrected chi connectivity index (χ4v) is 1.26.